The van der Waals surface area contributed by atoms with Gasteiger partial charge in [0.25, 0.3) is 15.4 Å². The second-order valence-corrected chi connectivity index (χ2v) is 4.13. The van der Waals surface area contributed by atoms with E-state index in [1.807, 2.05) is 0 Å². The van der Waals surface area contributed by atoms with Crippen LogP contribution < -0.4 is 0 Å². The van der Waals surface area contributed by atoms with E-state index in [9.17, 15) is 61.1 Å². The van der Waals surface area contributed by atoms with Gasteiger partial charge in [-0.3, -0.25) is 0 Å². The second kappa shape index (κ2) is 6.39. The van der Waals surface area contributed by atoms with Gasteiger partial charge < -0.3 is 0 Å². The molecule has 0 bridgehead atoms. The molecule has 0 N–H and O–H groups in total. The third-order valence-electron chi connectivity index (χ3n) is 1.93. The van der Waals surface area contributed by atoms with Gasteiger partial charge in [-0.05, 0) is 0 Å². The Bertz CT molecular complexity index is 538. The number of hydrogen-bond acceptors (Lipinski definition) is 2. The number of halogens is 12. The van der Waals surface area contributed by atoms with Crippen molar-refractivity contribution in [2.45, 2.75) is 29.9 Å². The molecule has 0 spiro atoms. The van der Waals surface area contributed by atoms with Crippen LogP contribution in [0.2, 0.25) is 0 Å². The van der Waals surface area contributed by atoms with Gasteiger partial charge in [0, 0.05) is 29.6 Å². The fourth-order valence-corrected chi connectivity index (χ4v) is 1.14. The molecule has 0 unspecified atom stereocenters. The summed E-state index contributed by atoms with van der Waals surface area (Å²) < 4.78 is 166. The van der Waals surface area contributed by atoms with Crippen LogP contribution in [-0.4, -0.2) is 73.0 Å². The van der Waals surface area contributed by atoms with Gasteiger partial charge in [-0.1, -0.05) is 0 Å². The first-order chi connectivity index (χ1) is 8.85. The van der Waals surface area contributed by atoms with Crippen molar-refractivity contribution in [2.75, 3.05) is 0 Å². The minimum Gasteiger partial charge on any atom is -0.192 e. The van der Waals surface area contributed by atoms with Crippen LogP contribution in [0.1, 0.15) is 0 Å². The molecule has 0 aliphatic rings. The summed E-state index contributed by atoms with van der Waals surface area (Å²) in [4.78, 5) is 0. The van der Waals surface area contributed by atoms with Crippen molar-refractivity contribution >= 4 is 45.0 Å². The van der Waals surface area contributed by atoms with Gasteiger partial charge in [0.1, 0.15) is 0 Å². The van der Waals surface area contributed by atoms with Gasteiger partial charge in [0.05, 0.1) is 0 Å². The Balaban J connectivity index is 0. The zero-order valence-electron chi connectivity index (χ0n) is 9.76. The second-order valence-electron chi connectivity index (χ2n) is 3.30. The normalized spacial score (nSPS) is 14.4. The van der Waals surface area contributed by atoms with Crippen LogP contribution in [0, 0.1) is 0 Å². The Kier molecular flexibility index (Phi) is 7.00. The molecule has 0 aromatic heterocycles. The van der Waals surface area contributed by atoms with Gasteiger partial charge >= 0.3 is 29.9 Å². The van der Waals surface area contributed by atoms with E-state index in [1.165, 1.54) is 0 Å². The molecular weight excluding hydrogens is 387 g/mol. The van der Waals surface area contributed by atoms with Crippen molar-refractivity contribution < 1.29 is 61.1 Å². The maximum atomic E-state index is 12.6. The monoisotopic (exact) mass is 387 g/mol. The molecule has 0 aliphatic carbocycles. The summed E-state index contributed by atoms with van der Waals surface area (Å²) in [5.74, 6) is -30.4. The average molecular weight is 387 g/mol. The van der Waals surface area contributed by atoms with Gasteiger partial charge in [-0.2, -0.15) is 61.1 Å². The van der Waals surface area contributed by atoms with E-state index in [2.05, 4.69) is 0 Å². The Morgan fingerprint density at radius 2 is 0.955 bits per heavy atom. The van der Waals surface area contributed by atoms with Crippen molar-refractivity contribution in [1.82, 2.24) is 0 Å². The Hall–Kier alpha value is -0.150. The summed E-state index contributed by atoms with van der Waals surface area (Å²) in [5.41, 5.74) is 0. The molecule has 0 heterocycles. The molecular formula is C6F12NaO2S. The molecule has 0 aliphatic heterocycles. The summed E-state index contributed by atoms with van der Waals surface area (Å²) in [7, 11) is -4.90. The quantitative estimate of drug-likeness (QED) is 0.322. The van der Waals surface area contributed by atoms with Gasteiger partial charge in [0.15, 0.2) is 0 Å². The molecule has 0 aromatic carbocycles. The van der Waals surface area contributed by atoms with Crippen LogP contribution in [0.25, 0.3) is 0 Å². The summed E-state index contributed by atoms with van der Waals surface area (Å²) in [6.07, 6.45) is -7.40. The largest absolute Gasteiger partial charge is 0.460 e. The predicted octanol–water partition coefficient (Wildman–Crippen LogP) is 2.69. The Labute approximate surface area is 136 Å². The first kappa shape index (κ1) is 24.1. The zero-order chi connectivity index (χ0) is 17.7. The molecule has 0 aromatic rings. The van der Waals surface area contributed by atoms with Crippen LogP contribution in [0.15, 0.2) is 0 Å². The average Bonchev–Trinajstić information content (AvgIpc) is 2.25. The van der Waals surface area contributed by atoms with Crippen LogP contribution in [0.4, 0.5) is 52.7 Å². The molecule has 0 saturated heterocycles. The maximum absolute atomic E-state index is 12.6. The number of rotatable bonds is 4. The third kappa shape index (κ3) is 3.36. The Morgan fingerprint density at radius 3 is 1.18 bits per heavy atom. The van der Waals surface area contributed by atoms with Crippen LogP contribution in [0.5, 0.6) is 0 Å². The van der Waals surface area contributed by atoms with E-state index in [1.54, 1.807) is 0 Å². The standard InChI is InChI=1S/C6F12O2S.Na/c7-1(21(19)20)2(8,9)3(10,11)4(12,13)5(14,15)6(16,17)18;. The predicted molar refractivity (Wildman–Crippen MR) is 46.6 cm³/mol. The minimum absolute atomic E-state index is 0. The number of hydrogen-bond donors (Lipinski definition) is 0. The maximum Gasteiger partial charge on any atom is 0.460 e. The van der Waals surface area contributed by atoms with E-state index in [0.29, 0.717) is 0 Å². The molecule has 22 heavy (non-hydrogen) atoms. The van der Waals surface area contributed by atoms with Gasteiger partial charge in [0.2, 0.25) is 0 Å². The summed E-state index contributed by atoms with van der Waals surface area (Å²) in [6, 6.07) is 0. The van der Waals surface area contributed by atoms with Crippen molar-refractivity contribution in [2.24, 2.45) is 0 Å². The van der Waals surface area contributed by atoms with Crippen molar-refractivity contribution in [3.8, 4) is 0 Å². The van der Waals surface area contributed by atoms with E-state index in [0.717, 1.165) is 0 Å². The topological polar surface area (TPSA) is 34.1 Å². The van der Waals surface area contributed by atoms with Crippen LogP contribution in [0.3, 0.4) is 0 Å². The van der Waals surface area contributed by atoms with Crippen molar-refractivity contribution in [3.05, 3.63) is 0 Å². The molecule has 2 nitrogen and oxygen atoms in total. The van der Waals surface area contributed by atoms with E-state index in [-0.39, 0.29) is 29.6 Å². The molecule has 127 valence electrons. The zero-order valence-corrected chi connectivity index (χ0v) is 12.6. The SMILES string of the molecule is O=S(=O)=C(F)C(F)(F)C(F)(F)C(F)(F)C(F)(F)C(F)(F)F.[Na]. The molecule has 0 fully saturated rings. The molecule has 0 rings (SSSR count). The summed E-state index contributed by atoms with van der Waals surface area (Å²) >= 11 is 0. The van der Waals surface area contributed by atoms with Crippen LogP contribution >= 0.6 is 0 Å². The fraction of sp³-hybridized carbons (Fsp3) is 0.833. The first-order valence-corrected chi connectivity index (χ1v) is 5.13. The van der Waals surface area contributed by atoms with Crippen LogP contribution in [-0.2, 0) is 10.3 Å². The Morgan fingerprint density at radius 1 is 0.636 bits per heavy atom. The van der Waals surface area contributed by atoms with E-state index < -0.39 is 45.3 Å². The smallest absolute Gasteiger partial charge is 0.192 e. The van der Waals surface area contributed by atoms with E-state index in [4.69, 9.17) is 0 Å². The minimum atomic E-state index is -7.85. The van der Waals surface area contributed by atoms with E-state index >= 15 is 0 Å². The summed E-state index contributed by atoms with van der Waals surface area (Å²) in [6.45, 7) is 0. The molecule has 1 radical (unpaired) electrons. The van der Waals surface area contributed by atoms with Gasteiger partial charge in [-0.25, -0.2) is 0 Å². The summed E-state index contributed by atoms with van der Waals surface area (Å²) in [5, 5.41) is -4.23. The molecule has 0 amide bonds. The van der Waals surface area contributed by atoms with Crippen molar-refractivity contribution in [1.29, 1.82) is 0 Å². The first-order valence-electron chi connectivity index (χ1n) is 4.06. The molecule has 0 saturated carbocycles. The number of alkyl halides is 11. The van der Waals surface area contributed by atoms with Gasteiger partial charge in [-0.15, -0.1) is 0 Å². The fourth-order valence-electron chi connectivity index (χ4n) is 0.800. The third-order valence-corrected chi connectivity index (χ3v) is 2.48. The van der Waals surface area contributed by atoms with Crippen molar-refractivity contribution in [3.63, 3.8) is 0 Å². The molecule has 0 atom stereocenters. The molecule has 16 heteroatoms.